The van der Waals surface area contributed by atoms with Crippen molar-refractivity contribution in [1.82, 2.24) is 14.8 Å². The van der Waals surface area contributed by atoms with E-state index in [2.05, 4.69) is 61.0 Å². The molecule has 0 radical (unpaired) electrons. The molecule has 0 unspecified atom stereocenters. The van der Waals surface area contributed by atoms with Crippen molar-refractivity contribution in [1.29, 1.82) is 0 Å². The van der Waals surface area contributed by atoms with Gasteiger partial charge >= 0.3 is 0 Å². The highest BCUT2D eigenvalue weighted by Gasteiger charge is 2.24. The number of carbonyl (C=O) groups is 1. The van der Waals surface area contributed by atoms with Crippen LogP contribution in [0.3, 0.4) is 0 Å². The number of aromatic amines is 1. The van der Waals surface area contributed by atoms with Crippen molar-refractivity contribution < 1.29 is 4.79 Å². The van der Waals surface area contributed by atoms with Gasteiger partial charge in [0.1, 0.15) is 0 Å². The van der Waals surface area contributed by atoms with E-state index in [1.165, 1.54) is 27.4 Å². The minimum absolute atomic E-state index is 0.192. The van der Waals surface area contributed by atoms with Crippen LogP contribution in [0.15, 0.2) is 60.2 Å². The van der Waals surface area contributed by atoms with Gasteiger partial charge in [-0.2, -0.15) is 0 Å². The van der Waals surface area contributed by atoms with Crippen LogP contribution in [0.2, 0.25) is 0 Å². The zero-order valence-electron chi connectivity index (χ0n) is 17.5. The number of hydrogen-bond donors (Lipinski definition) is 1. The van der Waals surface area contributed by atoms with Gasteiger partial charge in [-0.1, -0.05) is 54.1 Å². The smallest absolute Gasteiger partial charge is 0.250 e. The number of amides is 1. The largest absolute Gasteiger partial charge is 0.370 e. The molecule has 2 aromatic rings. The maximum absolute atomic E-state index is 12.6. The minimum Gasteiger partial charge on any atom is -0.370 e. The SMILES string of the molecule is CC(C)=c1cc(-c2ccccc2)[nH]/c1=C(/C)N1CCN(C(=O)C2=CC=CC2)CC1. The van der Waals surface area contributed by atoms with Crippen molar-refractivity contribution >= 4 is 17.2 Å². The zero-order chi connectivity index (χ0) is 20.4. The molecule has 29 heavy (non-hydrogen) atoms. The molecule has 1 saturated heterocycles. The molecule has 4 rings (SSSR count). The molecule has 0 saturated carbocycles. The van der Waals surface area contributed by atoms with Crippen molar-refractivity contribution in [3.05, 3.63) is 70.8 Å². The summed E-state index contributed by atoms with van der Waals surface area (Å²) < 4.78 is 0. The standard InChI is InChI=1S/C25H29N3O/c1-18(2)22-17-23(20-9-5-4-6-10-20)26-24(22)19(3)27-13-15-28(16-14-27)25(29)21-11-7-8-12-21/h4-11,17,26H,12-16H2,1-3H3/b24-19-. The molecule has 1 aliphatic heterocycles. The molecule has 0 spiro atoms. The monoisotopic (exact) mass is 387 g/mol. The van der Waals surface area contributed by atoms with E-state index >= 15 is 0 Å². The Bertz CT molecular complexity index is 1080. The Labute approximate surface area is 172 Å². The molecule has 1 aliphatic carbocycles. The van der Waals surface area contributed by atoms with Crippen LogP contribution in [0, 0.1) is 0 Å². The Morgan fingerprint density at radius 2 is 1.66 bits per heavy atom. The second-order valence-electron chi connectivity index (χ2n) is 8.03. The lowest BCUT2D eigenvalue weighted by atomic mass is 10.1. The molecule has 150 valence electrons. The molecule has 1 N–H and O–H groups in total. The Balaban J connectivity index is 1.59. The fraction of sp³-hybridized carbons (Fsp3) is 0.320. The van der Waals surface area contributed by atoms with Gasteiger partial charge < -0.3 is 14.8 Å². The van der Waals surface area contributed by atoms with E-state index in [9.17, 15) is 4.79 Å². The lowest BCUT2D eigenvalue weighted by molar-refractivity contribution is -0.128. The van der Waals surface area contributed by atoms with Crippen molar-refractivity contribution in [3.63, 3.8) is 0 Å². The first-order valence-electron chi connectivity index (χ1n) is 10.4. The van der Waals surface area contributed by atoms with E-state index in [4.69, 9.17) is 0 Å². The maximum Gasteiger partial charge on any atom is 0.250 e. The molecular formula is C25H29N3O. The van der Waals surface area contributed by atoms with Crippen molar-refractivity contribution in [2.24, 2.45) is 0 Å². The number of carbonyl (C=O) groups excluding carboxylic acids is 1. The van der Waals surface area contributed by atoms with Crippen LogP contribution in [-0.2, 0) is 4.79 Å². The first-order valence-corrected chi connectivity index (χ1v) is 10.4. The molecule has 1 aromatic heterocycles. The van der Waals surface area contributed by atoms with Gasteiger partial charge in [0.2, 0.25) is 5.91 Å². The normalized spacial score (nSPS) is 17.4. The molecule has 1 fully saturated rings. The second-order valence-corrected chi connectivity index (χ2v) is 8.03. The Hall–Kier alpha value is -3.01. The number of piperazine rings is 1. The van der Waals surface area contributed by atoms with Gasteiger partial charge in [-0.25, -0.2) is 0 Å². The Kier molecular flexibility index (Phi) is 5.43. The highest BCUT2D eigenvalue weighted by Crippen LogP contribution is 2.17. The van der Waals surface area contributed by atoms with Gasteiger partial charge in [0.15, 0.2) is 0 Å². The molecule has 0 bridgehead atoms. The van der Waals surface area contributed by atoms with Gasteiger partial charge in [0, 0.05) is 48.4 Å². The van der Waals surface area contributed by atoms with Crippen LogP contribution in [0.5, 0.6) is 0 Å². The second kappa shape index (κ2) is 8.16. The van der Waals surface area contributed by atoms with E-state index in [0.29, 0.717) is 0 Å². The van der Waals surface area contributed by atoms with E-state index in [-0.39, 0.29) is 5.91 Å². The van der Waals surface area contributed by atoms with Crippen LogP contribution in [0.4, 0.5) is 0 Å². The summed E-state index contributed by atoms with van der Waals surface area (Å²) in [5.41, 5.74) is 5.80. The quantitative estimate of drug-likeness (QED) is 0.879. The molecule has 4 nitrogen and oxygen atoms in total. The Morgan fingerprint density at radius 3 is 2.28 bits per heavy atom. The van der Waals surface area contributed by atoms with E-state index in [0.717, 1.165) is 43.9 Å². The van der Waals surface area contributed by atoms with Gasteiger partial charge in [-0.15, -0.1) is 0 Å². The fourth-order valence-electron chi connectivity index (χ4n) is 4.12. The van der Waals surface area contributed by atoms with Crippen LogP contribution < -0.4 is 10.6 Å². The van der Waals surface area contributed by atoms with Crippen molar-refractivity contribution in [2.45, 2.75) is 27.2 Å². The summed E-state index contributed by atoms with van der Waals surface area (Å²) in [6.45, 7) is 9.77. The molecule has 1 aromatic carbocycles. The predicted molar refractivity (Wildman–Crippen MR) is 119 cm³/mol. The number of hydrogen-bond acceptors (Lipinski definition) is 2. The van der Waals surface area contributed by atoms with Crippen molar-refractivity contribution in [3.8, 4) is 11.3 Å². The summed E-state index contributed by atoms with van der Waals surface area (Å²) in [5, 5.41) is 2.45. The van der Waals surface area contributed by atoms with E-state index in [1.807, 2.05) is 29.2 Å². The summed E-state index contributed by atoms with van der Waals surface area (Å²) in [6, 6.07) is 12.7. The number of allylic oxidation sites excluding steroid dienone is 3. The number of nitrogens with one attached hydrogen (secondary N) is 1. The summed E-state index contributed by atoms with van der Waals surface area (Å²) in [7, 11) is 0. The summed E-state index contributed by atoms with van der Waals surface area (Å²) in [6.07, 6.45) is 6.73. The molecule has 2 heterocycles. The molecule has 4 heteroatoms. The number of benzene rings is 1. The topological polar surface area (TPSA) is 39.3 Å². The van der Waals surface area contributed by atoms with E-state index < -0.39 is 0 Å². The van der Waals surface area contributed by atoms with Crippen LogP contribution in [0.1, 0.15) is 27.2 Å². The summed E-state index contributed by atoms with van der Waals surface area (Å²) in [5.74, 6) is 0.192. The molecule has 1 amide bonds. The van der Waals surface area contributed by atoms with Gasteiger partial charge in [0.05, 0.1) is 5.35 Å². The third-order valence-corrected chi connectivity index (χ3v) is 5.89. The summed E-state index contributed by atoms with van der Waals surface area (Å²) >= 11 is 0. The lowest BCUT2D eigenvalue weighted by Gasteiger charge is -2.36. The predicted octanol–water partition coefficient (Wildman–Crippen LogP) is 3.03. The number of aromatic nitrogens is 1. The van der Waals surface area contributed by atoms with Gasteiger partial charge in [-0.05, 0) is 38.8 Å². The first-order chi connectivity index (χ1) is 14.0. The molecule has 2 aliphatic rings. The zero-order valence-corrected chi connectivity index (χ0v) is 17.5. The van der Waals surface area contributed by atoms with Crippen LogP contribution in [0.25, 0.3) is 22.5 Å². The third kappa shape index (κ3) is 3.93. The number of H-pyrrole nitrogens is 1. The highest BCUT2D eigenvalue weighted by atomic mass is 16.2. The van der Waals surface area contributed by atoms with Crippen LogP contribution >= 0.6 is 0 Å². The van der Waals surface area contributed by atoms with Gasteiger partial charge in [0.25, 0.3) is 0 Å². The lowest BCUT2D eigenvalue weighted by Crippen LogP contribution is -2.49. The van der Waals surface area contributed by atoms with Gasteiger partial charge in [-0.3, -0.25) is 4.79 Å². The Morgan fingerprint density at radius 1 is 0.966 bits per heavy atom. The minimum atomic E-state index is 0.192. The van der Waals surface area contributed by atoms with Crippen LogP contribution in [-0.4, -0.2) is 46.9 Å². The average molecular weight is 388 g/mol. The maximum atomic E-state index is 12.6. The van der Waals surface area contributed by atoms with Crippen molar-refractivity contribution in [2.75, 3.05) is 26.2 Å². The fourth-order valence-corrected chi connectivity index (χ4v) is 4.12. The molecular weight excluding hydrogens is 358 g/mol. The van der Waals surface area contributed by atoms with E-state index in [1.54, 1.807) is 0 Å². The summed E-state index contributed by atoms with van der Waals surface area (Å²) in [4.78, 5) is 20.7. The number of nitrogens with zero attached hydrogens (tertiary/aromatic N) is 2. The molecule has 0 atom stereocenters. The number of rotatable bonds is 3. The first kappa shape index (κ1) is 19.3. The average Bonchev–Trinajstić information content (AvgIpc) is 3.44. The third-order valence-electron chi connectivity index (χ3n) is 5.89. The highest BCUT2D eigenvalue weighted by molar-refractivity contribution is 5.94.